The average Bonchev–Trinajstić information content (AvgIpc) is 3.65. The Morgan fingerprint density at radius 3 is 2.24 bits per heavy atom. The predicted octanol–water partition coefficient (Wildman–Crippen LogP) is 1.47. The molecule has 2 aliphatic heterocycles. The highest BCUT2D eigenvalue weighted by Gasteiger charge is 2.26. The van der Waals surface area contributed by atoms with Crippen LogP contribution in [0, 0.1) is 12.8 Å². The molecule has 0 radical (unpaired) electrons. The highest BCUT2D eigenvalue weighted by atomic mass is 16.1. The minimum absolute atomic E-state index is 0.465. The molecule has 0 unspecified atom stereocenters. The van der Waals surface area contributed by atoms with Gasteiger partial charge in [-0.2, -0.15) is 20.1 Å². The van der Waals surface area contributed by atoms with E-state index in [1.807, 2.05) is 0 Å². The first-order chi connectivity index (χ1) is 18.2. The fraction of sp³-hybridized carbons (Fsp3) is 0.458. The van der Waals surface area contributed by atoms with Crippen molar-refractivity contribution in [2.24, 2.45) is 0 Å². The molecule has 2 saturated heterocycles. The van der Waals surface area contributed by atoms with E-state index in [1.165, 1.54) is 43.5 Å². The number of likely N-dealkylation sites (N-methyl/N-ethyl adjacent to an activating group) is 1. The van der Waals surface area contributed by atoms with Crippen LogP contribution in [-0.2, 0) is 4.79 Å². The molecule has 1 aliphatic carbocycles. The van der Waals surface area contributed by atoms with Gasteiger partial charge in [0.25, 0.3) is 0 Å². The van der Waals surface area contributed by atoms with Gasteiger partial charge in [-0.25, -0.2) is 4.98 Å². The first-order valence-corrected chi connectivity index (χ1v) is 12.2. The van der Waals surface area contributed by atoms with Gasteiger partial charge < -0.3 is 25.3 Å². The second kappa shape index (κ2) is 12.6. The quantitative estimate of drug-likeness (QED) is 0.318. The standard InChI is InChI=1S/C17H25N9.C5H5N3O.C2H2/c1-24-7-9-26(10-8-24)17-20-15(19-16(21-17)25-5-2-6-25)18-14-11-13(22-23-14)12-3-4-12;9-4-8-5-3-6-1-2-7-5;1-2/h11-12H,2-10H2,1H3,(H2,18,19,20,21,22,23);1-4H,(H,7,8,9);1-2H. The van der Waals surface area contributed by atoms with E-state index in [0.29, 0.717) is 24.1 Å². The molecule has 1 saturated carbocycles. The van der Waals surface area contributed by atoms with E-state index < -0.39 is 0 Å². The molecule has 3 aromatic rings. The van der Waals surface area contributed by atoms with Crippen LogP contribution in [0.3, 0.4) is 0 Å². The number of terminal acetylenes is 1. The third-order valence-corrected chi connectivity index (χ3v) is 6.16. The van der Waals surface area contributed by atoms with Gasteiger partial charge >= 0.3 is 0 Å². The molecule has 0 spiro atoms. The van der Waals surface area contributed by atoms with Crippen molar-refractivity contribution in [1.29, 1.82) is 0 Å². The van der Waals surface area contributed by atoms with Crippen molar-refractivity contribution in [3.63, 3.8) is 0 Å². The van der Waals surface area contributed by atoms with E-state index in [4.69, 9.17) is 4.98 Å². The fourth-order valence-electron chi connectivity index (χ4n) is 3.77. The number of aromatic amines is 1. The SMILES string of the molecule is C#C.CN1CCN(c2nc(Nc3cc(C4CC4)[nH]n3)nc(N3CCC3)n2)CC1.O=CNc1cnccn1. The van der Waals surface area contributed by atoms with Gasteiger partial charge in [-0.15, -0.1) is 12.8 Å². The van der Waals surface area contributed by atoms with Crippen LogP contribution in [0.1, 0.15) is 30.9 Å². The summed E-state index contributed by atoms with van der Waals surface area (Å²) in [5, 5.41) is 13.1. The number of H-pyrrole nitrogens is 1. The zero-order valence-corrected chi connectivity index (χ0v) is 20.9. The van der Waals surface area contributed by atoms with Crippen LogP contribution in [-0.4, -0.2) is 92.7 Å². The number of hydrogen-bond acceptors (Lipinski definition) is 11. The Kier molecular flexibility index (Phi) is 8.77. The lowest BCUT2D eigenvalue weighted by Gasteiger charge is -2.34. The first kappa shape index (κ1) is 25.8. The number of nitrogens with zero attached hydrogens (tertiary/aromatic N) is 9. The summed E-state index contributed by atoms with van der Waals surface area (Å²) in [7, 11) is 2.15. The smallest absolute Gasteiger partial charge is 0.235 e. The molecule has 1 amide bonds. The number of carbonyl (C=O) groups excluding carboxylic acids is 1. The Hall–Kier alpha value is -4.31. The summed E-state index contributed by atoms with van der Waals surface area (Å²) >= 11 is 0. The van der Waals surface area contributed by atoms with Crippen LogP contribution in [0.2, 0.25) is 0 Å². The number of nitrogens with one attached hydrogen (secondary N) is 3. The van der Waals surface area contributed by atoms with Crippen molar-refractivity contribution in [2.45, 2.75) is 25.2 Å². The van der Waals surface area contributed by atoms with Gasteiger partial charge in [-0.05, 0) is 26.3 Å². The van der Waals surface area contributed by atoms with E-state index >= 15 is 0 Å². The summed E-state index contributed by atoms with van der Waals surface area (Å²) in [6.07, 6.45) is 16.8. The van der Waals surface area contributed by atoms with Gasteiger partial charge in [-0.3, -0.25) is 14.9 Å². The van der Waals surface area contributed by atoms with Gasteiger partial charge in [0, 0.05) is 69.3 Å². The molecule has 6 rings (SSSR count). The Labute approximate surface area is 216 Å². The molecule has 3 fully saturated rings. The number of aromatic nitrogens is 7. The highest BCUT2D eigenvalue weighted by molar-refractivity contribution is 5.67. The molecule has 194 valence electrons. The fourth-order valence-corrected chi connectivity index (χ4v) is 3.77. The molecule has 3 N–H and O–H groups in total. The number of anilines is 5. The van der Waals surface area contributed by atoms with Crippen LogP contribution >= 0.6 is 0 Å². The summed E-state index contributed by atoms with van der Waals surface area (Å²) in [5.74, 6) is 3.99. The van der Waals surface area contributed by atoms with Crippen LogP contribution in [0.25, 0.3) is 0 Å². The number of carbonyl (C=O) groups is 1. The van der Waals surface area contributed by atoms with E-state index in [-0.39, 0.29) is 0 Å². The summed E-state index contributed by atoms with van der Waals surface area (Å²) in [4.78, 5) is 38.1. The largest absolute Gasteiger partial charge is 0.340 e. The maximum absolute atomic E-state index is 9.80. The molecular formula is C24H32N12O. The minimum atomic E-state index is 0.465. The van der Waals surface area contributed by atoms with E-state index in [1.54, 1.807) is 0 Å². The summed E-state index contributed by atoms with van der Waals surface area (Å²) in [6.45, 7) is 5.95. The van der Waals surface area contributed by atoms with Gasteiger partial charge in [0.1, 0.15) is 0 Å². The Balaban J connectivity index is 0.000000246. The zero-order valence-electron chi connectivity index (χ0n) is 20.9. The predicted molar refractivity (Wildman–Crippen MR) is 142 cm³/mol. The summed E-state index contributed by atoms with van der Waals surface area (Å²) in [5.41, 5.74) is 1.20. The lowest BCUT2D eigenvalue weighted by Crippen LogP contribution is -2.45. The van der Waals surface area contributed by atoms with Crippen molar-refractivity contribution in [3.05, 3.63) is 30.4 Å². The van der Waals surface area contributed by atoms with Crippen molar-refractivity contribution in [3.8, 4) is 12.8 Å². The lowest BCUT2D eigenvalue weighted by atomic mass is 10.2. The van der Waals surface area contributed by atoms with Crippen LogP contribution in [0.15, 0.2) is 24.7 Å². The van der Waals surface area contributed by atoms with Crippen molar-refractivity contribution < 1.29 is 4.79 Å². The second-order valence-electron chi connectivity index (χ2n) is 8.85. The lowest BCUT2D eigenvalue weighted by molar-refractivity contribution is -0.105. The second-order valence-corrected chi connectivity index (χ2v) is 8.85. The molecular weight excluding hydrogens is 472 g/mol. The third-order valence-electron chi connectivity index (χ3n) is 6.16. The molecule has 3 aliphatic rings. The van der Waals surface area contributed by atoms with Crippen molar-refractivity contribution in [1.82, 2.24) is 40.0 Å². The molecule has 37 heavy (non-hydrogen) atoms. The molecule has 3 aromatic heterocycles. The van der Waals surface area contributed by atoms with E-state index in [9.17, 15) is 4.79 Å². The first-order valence-electron chi connectivity index (χ1n) is 12.2. The van der Waals surface area contributed by atoms with E-state index in [0.717, 1.165) is 57.0 Å². The maximum Gasteiger partial charge on any atom is 0.235 e. The zero-order chi connectivity index (χ0) is 26.0. The van der Waals surface area contributed by atoms with Gasteiger partial charge in [-0.1, -0.05) is 0 Å². The molecule has 5 heterocycles. The normalized spacial score (nSPS) is 16.8. The minimum Gasteiger partial charge on any atom is -0.340 e. The molecule has 13 nitrogen and oxygen atoms in total. The number of amides is 1. The maximum atomic E-state index is 9.80. The third kappa shape index (κ3) is 7.11. The summed E-state index contributed by atoms with van der Waals surface area (Å²) in [6, 6.07) is 2.07. The Morgan fingerprint density at radius 2 is 1.68 bits per heavy atom. The van der Waals surface area contributed by atoms with Crippen molar-refractivity contribution >= 4 is 35.9 Å². The highest BCUT2D eigenvalue weighted by Crippen LogP contribution is 2.39. The van der Waals surface area contributed by atoms with Crippen molar-refractivity contribution in [2.75, 3.05) is 66.7 Å². The molecule has 0 aromatic carbocycles. The van der Waals surface area contributed by atoms with Gasteiger partial charge in [0.15, 0.2) is 11.6 Å². The topological polar surface area (TPSA) is 144 Å². The van der Waals surface area contributed by atoms with Crippen LogP contribution in [0.4, 0.5) is 29.5 Å². The molecule has 13 heteroatoms. The monoisotopic (exact) mass is 504 g/mol. The van der Waals surface area contributed by atoms with Gasteiger partial charge in [0.2, 0.25) is 24.3 Å². The van der Waals surface area contributed by atoms with Crippen LogP contribution < -0.4 is 20.4 Å². The number of hydrogen-bond donors (Lipinski definition) is 3. The molecule has 0 atom stereocenters. The molecule has 0 bridgehead atoms. The van der Waals surface area contributed by atoms with Crippen LogP contribution in [0.5, 0.6) is 0 Å². The van der Waals surface area contributed by atoms with E-state index in [2.05, 4.69) is 81.4 Å². The summed E-state index contributed by atoms with van der Waals surface area (Å²) < 4.78 is 0. The number of rotatable bonds is 7. The number of piperazine rings is 1. The average molecular weight is 505 g/mol. The van der Waals surface area contributed by atoms with Gasteiger partial charge in [0.05, 0.1) is 6.20 Å². The Bertz CT molecular complexity index is 1150. The Morgan fingerprint density at radius 1 is 0.973 bits per heavy atom.